The molecule has 126 valence electrons. The molecular formula is C18H21N3O3. The van der Waals surface area contributed by atoms with Gasteiger partial charge in [-0.05, 0) is 37.7 Å². The van der Waals surface area contributed by atoms with E-state index in [0.717, 1.165) is 18.7 Å². The zero-order chi connectivity index (χ0) is 16.7. The lowest BCUT2D eigenvalue weighted by Crippen LogP contribution is -2.33. The summed E-state index contributed by atoms with van der Waals surface area (Å²) in [7, 11) is 0. The van der Waals surface area contributed by atoms with Crippen molar-refractivity contribution in [2.24, 2.45) is 5.92 Å². The third kappa shape index (κ3) is 2.77. The van der Waals surface area contributed by atoms with Crippen LogP contribution in [0.25, 0.3) is 0 Å². The molecule has 0 aromatic carbocycles. The topological polar surface area (TPSA) is 68.3 Å². The van der Waals surface area contributed by atoms with E-state index in [-0.39, 0.29) is 11.5 Å². The van der Waals surface area contributed by atoms with Crippen LogP contribution < -0.4 is 5.56 Å². The van der Waals surface area contributed by atoms with Crippen LogP contribution >= 0.6 is 0 Å². The molecule has 2 aromatic heterocycles. The van der Waals surface area contributed by atoms with Gasteiger partial charge in [-0.1, -0.05) is 11.2 Å². The van der Waals surface area contributed by atoms with Gasteiger partial charge in [0.05, 0.1) is 6.20 Å². The summed E-state index contributed by atoms with van der Waals surface area (Å²) in [6.45, 7) is 3.84. The van der Waals surface area contributed by atoms with Crippen LogP contribution in [0.1, 0.15) is 40.2 Å². The fourth-order valence-electron chi connectivity index (χ4n) is 3.43. The fraction of sp³-hybridized carbons (Fsp3) is 0.500. The van der Waals surface area contributed by atoms with Gasteiger partial charge in [0.2, 0.25) is 0 Å². The maximum absolute atomic E-state index is 12.7. The average molecular weight is 327 g/mol. The highest BCUT2D eigenvalue weighted by Gasteiger charge is 2.27. The molecule has 2 aliphatic rings. The number of nitrogens with zero attached hydrogens (tertiary/aromatic N) is 3. The number of amides is 1. The molecule has 4 rings (SSSR count). The number of carbonyl (C=O) groups is 1. The second kappa shape index (κ2) is 5.92. The van der Waals surface area contributed by atoms with Gasteiger partial charge in [-0.15, -0.1) is 0 Å². The number of carbonyl (C=O) groups excluding carboxylic acids is 1. The lowest BCUT2D eigenvalue weighted by atomic mass is 10.1. The van der Waals surface area contributed by atoms with E-state index in [4.69, 9.17) is 4.52 Å². The van der Waals surface area contributed by atoms with Crippen LogP contribution in [-0.4, -0.2) is 33.6 Å². The Bertz CT molecular complexity index is 832. The summed E-state index contributed by atoms with van der Waals surface area (Å²) in [5.74, 6) is 1.15. The Morgan fingerprint density at radius 2 is 2.08 bits per heavy atom. The van der Waals surface area contributed by atoms with Crippen LogP contribution in [0.3, 0.4) is 0 Å². The van der Waals surface area contributed by atoms with Gasteiger partial charge in [-0.2, -0.15) is 0 Å². The molecule has 3 heterocycles. The Morgan fingerprint density at radius 3 is 2.79 bits per heavy atom. The quantitative estimate of drug-likeness (QED) is 0.862. The van der Waals surface area contributed by atoms with Gasteiger partial charge in [-0.3, -0.25) is 9.59 Å². The SMILES string of the molecule is Cc1oncc1C(=O)N1CCc2ccc(=O)n(CC3CC3)c2CC1. The van der Waals surface area contributed by atoms with Gasteiger partial charge >= 0.3 is 0 Å². The molecule has 6 nitrogen and oxygen atoms in total. The highest BCUT2D eigenvalue weighted by atomic mass is 16.5. The summed E-state index contributed by atoms with van der Waals surface area (Å²) >= 11 is 0. The Labute approximate surface area is 140 Å². The number of rotatable bonds is 3. The Kier molecular flexibility index (Phi) is 3.75. The largest absolute Gasteiger partial charge is 0.361 e. The van der Waals surface area contributed by atoms with Crippen LogP contribution in [0, 0.1) is 12.8 Å². The van der Waals surface area contributed by atoms with Crippen LogP contribution in [-0.2, 0) is 19.4 Å². The summed E-state index contributed by atoms with van der Waals surface area (Å²) in [5, 5.41) is 3.70. The van der Waals surface area contributed by atoms with Crippen molar-refractivity contribution in [1.29, 1.82) is 0 Å². The number of pyridine rings is 1. The monoisotopic (exact) mass is 327 g/mol. The van der Waals surface area contributed by atoms with Crippen molar-refractivity contribution in [1.82, 2.24) is 14.6 Å². The molecular weight excluding hydrogens is 306 g/mol. The van der Waals surface area contributed by atoms with Gasteiger partial charge in [0, 0.05) is 37.8 Å². The minimum atomic E-state index is -0.0438. The minimum Gasteiger partial charge on any atom is -0.361 e. The first-order valence-corrected chi connectivity index (χ1v) is 8.55. The smallest absolute Gasteiger partial charge is 0.259 e. The first kappa shape index (κ1) is 15.2. The van der Waals surface area contributed by atoms with Crippen molar-refractivity contribution >= 4 is 5.91 Å². The van der Waals surface area contributed by atoms with E-state index >= 15 is 0 Å². The number of aryl methyl sites for hydroxylation is 1. The second-order valence-corrected chi connectivity index (χ2v) is 6.79. The van der Waals surface area contributed by atoms with Gasteiger partial charge in [0.25, 0.3) is 11.5 Å². The normalized spacial score (nSPS) is 17.5. The lowest BCUT2D eigenvalue weighted by Gasteiger charge is -2.19. The fourth-order valence-corrected chi connectivity index (χ4v) is 3.43. The molecule has 0 atom stereocenters. The molecule has 0 radical (unpaired) electrons. The van der Waals surface area contributed by atoms with Gasteiger partial charge in [-0.25, -0.2) is 0 Å². The van der Waals surface area contributed by atoms with E-state index in [1.165, 1.54) is 24.6 Å². The molecule has 2 aromatic rings. The Hall–Kier alpha value is -2.37. The van der Waals surface area contributed by atoms with E-state index in [2.05, 4.69) is 5.16 Å². The average Bonchev–Trinajstić information content (AvgIpc) is 3.33. The maximum atomic E-state index is 12.7. The van der Waals surface area contributed by atoms with E-state index in [9.17, 15) is 9.59 Å². The van der Waals surface area contributed by atoms with Crippen molar-refractivity contribution in [3.63, 3.8) is 0 Å². The summed E-state index contributed by atoms with van der Waals surface area (Å²) in [6, 6.07) is 3.60. The molecule has 1 amide bonds. The zero-order valence-electron chi connectivity index (χ0n) is 13.8. The summed E-state index contributed by atoms with van der Waals surface area (Å²) in [5.41, 5.74) is 2.89. The number of aromatic nitrogens is 2. The molecule has 0 saturated heterocycles. The van der Waals surface area contributed by atoms with Crippen molar-refractivity contribution in [2.45, 2.75) is 39.2 Å². The molecule has 0 spiro atoms. The molecule has 0 bridgehead atoms. The molecule has 24 heavy (non-hydrogen) atoms. The van der Waals surface area contributed by atoms with Crippen molar-refractivity contribution < 1.29 is 9.32 Å². The number of hydrogen-bond donors (Lipinski definition) is 0. The zero-order valence-corrected chi connectivity index (χ0v) is 13.8. The van der Waals surface area contributed by atoms with Gasteiger partial charge < -0.3 is 14.0 Å². The van der Waals surface area contributed by atoms with Crippen molar-refractivity contribution in [2.75, 3.05) is 13.1 Å². The maximum Gasteiger partial charge on any atom is 0.259 e. The minimum absolute atomic E-state index is 0.0438. The number of hydrogen-bond acceptors (Lipinski definition) is 4. The van der Waals surface area contributed by atoms with Crippen LogP contribution in [0.5, 0.6) is 0 Å². The Morgan fingerprint density at radius 1 is 1.29 bits per heavy atom. The molecule has 0 unspecified atom stereocenters. The predicted octanol–water partition coefficient (Wildman–Crippen LogP) is 1.80. The summed E-state index contributed by atoms with van der Waals surface area (Å²) in [4.78, 5) is 26.8. The first-order chi connectivity index (χ1) is 11.6. The van der Waals surface area contributed by atoms with E-state index < -0.39 is 0 Å². The first-order valence-electron chi connectivity index (χ1n) is 8.55. The third-order valence-electron chi connectivity index (χ3n) is 5.07. The van der Waals surface area contributed by atoms with Crippen LogP contribution in [0.2, 0.25) is 0 Å². The summed E-state index contributed by atoms with van der Waals surface area (Å²) < 4.78 is 6.95. The highest BCUT2D eigenvalue weighted by Crippen LogP contribution is 2.31. The van der Waals surface area contributed by atoms with Crippen molar-refractivity contribution in [3.8, 4) is 0 Å². The van der Waals surface area contributed by atoms with Gasteiger partial charge in [0.15, 0.2) is 0 Å². The molecule has 6 heteroatoms. The van der Waals surface area contributed by atoms with Crippen molar-refractivity contribution in [3.05, 3.63) is 51.3 Å². The predicted molar refractivity (Wildman–Crippen MR) is 88.0 cm³/mol. The van der Waals surface area contributed by atoms with Crippen LogP contribution in [0.4, 0.5) is 0 Å². The number of fused-ring (bicyclic) bond motifs is 1. The summed E-state index contributed by atoms with van der Waals surface area (Å²) in [6.07, 6.45) is 5.41. The standard InChI is InChI=1S/C18H21N3O3/c1-12-15(10-19-24-12)18(23)20-8-6-14-4-5-17(22)21(11-13-2-3-13)16(14)7-9-20/h4-5,10,13H,2-3,6-9,11H2,1H3. The van der Waals surface area contributed by atoms with Gasteiger partial charge in [0.1, 0.15) is 11.3 Å². The van der Waals surface area contributed by atoms with E-state index in [1.54, 1.807) is 13.0 Å². The van der Waals surface area contributed by atoms with Crippen LogP contribution in [0.15, 0.2) is 27.6 Å². The van der Waals surface area contributed by atoms with E-state index in [1.807, 2.05) is 15.5 Å². The molecule has 1 aliphatic carbocycles. The highest BCUT2D eigenvalue weighted by molar-refractivity contribution is 5.94. The molecule has 1 fully saturated rings. The third-order valence-corrected chi connectivity index (χ3v) is 5.07. The Balaban J connectivity index is 1.58. The van der Waals surface area contributed by atoms with E-state index in [0.29, 0.717) is 36.8 Å². The molecule has 1 aliphatic heterocycles. The molecule has 1 saturated carbocycles. The molecule has 0 N–H and O–H groups in total. The lowest BCUT2D eigenvalue weighted by molar-refractivity contribution is 0.0761. The second-order valence-electron chi connectivity index (χ2n) is 6.79.